The molecule has 2 aromatic carbocycles. The highest BCUT2D eigenvalue weighted by Crippen LogP contribution is 2.37. The highest BCUT2D eigenvalue weighted by molar-refractivity contribution is 6.11. The Balaban J connectivity index is 1.89. The fourth-order valence-electron chi connectivity index (χ4n) is 4.10. The fraction of sp³-hybridized carbons (Fsp3) is 0.250. The van der Waals surface area contributed by atoms with E-state index in [1.807, 2.05) is 5.32 Å². The van der Waals surface area contributed by atoms with Crippen LogP contribution in [0.15, 0.2) is 59.0 Å². The molecule has 4 rings (SSSR count). The molecule has 1 atom stereocenters. The van der Waals surface area contributed by atoms with E-state index in [-0.39, 0.29) is 44.8 Å². The van der Waals surface area contributed by atoms with Crippen molar-refractivity contribution in [2.24, 2.45) is 0 Å². The number of nitrogens with one attached hydrogen (secondary N) is 2. The number of pyridine rings is 1. The zero-order valence-electron chi connectivity index (χ0n) is 21.5. The Morgan fingerprint density at radius 2 is 1.63 bits per heavy atom. The van der Waals surface area contributed by atoms with Gasteiger partial charge in [0.2, 0.25) is 5.71 Å². The molecular formula is C28H22F7N3O3. The average molecular weight is 581 g/mol. The van der Waals surface area contributed by atoms with E-state index in [1.54, 1.807) is 0 Å². The van der Waals surface area contributed by atoms with Crippen LogP contribution in [-0.2, 0) is 6.42 Å². The Labute approximate surface area is 228 Å². The number of carbonyl (C=O) groups excluding carboxylic acids is 2. The molecule has 2 N–H and O–H groups in total. The number of furan rings is 1. The maximum atomic E-state index is 13.5. The second-order valence-corrected chi connectivity index (χ2v) is 9.16. The topological polar surface area (TPSA) is 84.2 Å². The van der Waals surface area contributed by atoms with Crippen molar-refractivity contribution in [3.05, 3.63) is 77.2 Å². The van der Waals surface area contributed by atoms with Crippen LogP contribution >= 0.6 is 0 Å². The summed E-state index contributed by atoms with van der Waals surface area (Å²) in [6, 6.07) is 9.51. The summed E-state index contributed by atoms with van der Waals surface area (Å²) in [7, 11) is 1.35. The summed E-state index contributed by atoms with van der Waals surface area (Å²) in [4.78, 5) is 29.7. The van der Waals surface area contributed by atoms with Crippen molar-refractivity contribution in [3.63, 3.8) is 0 Å². The molecule has 0 aliphatic rings. The Morgan fingerprint density at radius 3 is 2.24 bits per heavy atom. The first kappa shape index (κ1) is 29.6. The van der Waals surface area contributed by atoms with Gasteiger partial charge in [0, 0.05) is 30.2 Å². The van der Waals surface area contributed by atoms with Crippen LogP contribution in [0.2, 0.25) is 0 Å². The molecule has 6 nitrogen and oxygen atoms in total. The molecule has 0 aliphatic carbocycles. The van der Waals surface area contributed by atoms with Gasteiger partial charge in [-0.15, -0.1) is 0 Å². The molecule has 0 fully saturated rings. The van der Waals surface area contributed by atoms with Crippen molar-refractivity contribution in [1.29, 1.82) is 0 Å². The molecule has 0 saturated heterocycles. The summed E-state index contributed by atoms with van der Waals surface area (Å²) >= 11 is 0. The van der Waals surface area contributed by atoms with Crippen molar-refractivity contribution < 1.29 is 44.7 Å². The molecule has 2 aromatic heterocycles. The van der Waals surface area contributed by atoms with E-state index in [0.717, 1.165) is 19.1 Å². The molecule has 1 unspecified atom stereocenters. The molecule has 0 radical (unpaired) electrons. The lowest BCUT2D eigenvalue weighted by atomic mass is 9.96. The van der Waals surface area contributed by atoms with Gasteiger partial charge in [0.1, 0.15) is 17.6 Å². The molecule has 0 saturated carbocycles. The number of hydrogen-bond acceptors (Lipinski definition) is 4. The van der Waals surface area contributed by atoms with E-state index in [2.05, 4.69) is 10.3 Å². The first-order chi connectivity index (χ1) is 19.2. The molecule has 13 heteroatoms. The third-order valence-corrected chi connectivity index (χ3v) is 6.24. The minimum absolute atomic E-state index is 0.0000353. The second-order valence-electron chi connectivity index (χ2n) is 9.16. The number of amides is 2. The number of fused-ring (bicyclic) bond motifs is 1. The summed E-state index contributed by atoms with van der Waals surface area (Å²) in [5.74, 6) is -2.21. The van der Waals surface area contributed by atoms with Gasteiger partial charge in [-0.25, -0.2) is 9.37 Å². The molecule has 216 valence electrons. The minimum atomic E-state index is -4.69. The fourth-order valence-corrected chi connectivity index (χ4v) is 4.10. The van der Waals surface area contributed by atoms with Crippen LogP contribution < -0.4 is 10.6 Å². The van der Waals surface area contributed by atoms with Gasteiger partial charge in [-0.3, -0.25) is 9.59 Å². The van der Waals surface area contributed by atoms with Crippen molar-refractivity contribution >= 4 is 22.9 Å². The zero-order chi connectivity index (χ0) is 30.1. The third-order valence-electron chi connectivity index (χ3n) is 6.24. The zero-order valence-corrected chi connectivity index (χ0v) is 21.5. The van der Waals surface area contributed by atoms with Crippen molar-refractivity contribution in [2.75, 3.05) is 7.05 Å². The SMILES string of the molecule is CNC(=O)c1c(-c2ccc(F)cc2)oc2nc(CCC(F)(F)F)c(-c3cccc(C(=O)NC(C)C(F)(F)F)c3)cc12. The Bertz CT molecular complexity index is 1590. The Morgan fingerprint density at radius 1 is 0.951 bits per heavy atom. The standard InChI is InChI=1S/C28H22F7N3O3/c1-14(28(33,34)35)37-24(39)17-5-3-4-16(12-17)19-13-20-22(25(40)36-2)23(15-6-8-18(29)9-7-15)41-26(20)38-21(19)10-11-27(30,31)32/h3-9,12-14H,10-11H2,1-2H3,(H,36,40)(H,37,39). The number of aromatic nitrogens is 1. The summed E-state index contributed by atoms with van der Waals surface area (Å²) in [5.41, 5.74) is 0.159. The van der Waals surface area contributed by atoms with Crippen LogP contribution in [0.1, 0.15) is 39.8 Å². The van der Waals surface area contributed by atoms with Gasteiger partial charge in [0.05, 0.1) is 16.6 Å². The lowest BCUT2D eigenvalue weighted by molar-refractivity contribution is -0.149. The third kappa shape index (κ3) is 6.67. The van der Waals surface area contributed by atoms with Gasteiger partial charge >= 0.3 is 12.4 Å². The molecular weight excluding hydrogens is 559 g/mol. The normalized spacial score (nSPS) is 12.8. The number of benzene rings is 2. The molecule has 4 aromatic rings. The lowest BCUT2D eigenvalue weighted by Gasteiger charge is -2.17. The van der Waals surface area contributed by atoms with Crippen LogP contribution in [-0.4, -0.2) is 42.2 Å². The average Bonchev–Trinajstić information content (AvgIpc) is 3.28. The highest BCUT2D eigenvalue weighted by Gasteiger charge is 2.37. The summed E-state index contributed by atoms with van der Waals surface area (Å²) in [5, 5.41) is 4.42. The number of halogens is 7. The molecule has 0 spiro atoms. The van der Waals surface area contributed by atoms with Crippen LogP contribution in [0, 0.1) is 5.82 Å². The molecule has 2 amide bonds. The van der Waals surface area contributed by atoms with E-state index < -0.39 is 48.9 Å². The smallest absolute Gasteiger partial charge is 0.408 e. The van der Waals surface area contributed by atoms with Crippen molar-refractivity contribution in [2.45, 2.75) is 38.2 Å². The van der Waals surface area contributed by atoms with Crippen molar-refractivity contribution in [1.82, 2.24) is 15.6 Å². The maximum Gasteiger partial charge on any atom is 0.408 e. The minimum Gasteiger partial charge on any atom is -0.437 e. The van der Waals surface area contributed by atoms with Crippen molar-refractivity contribution in [3.8, 4) is 22.5 Å². The monoisotopic (exact) mass is 581 g/mol. The first-order valence-corrected chi connectivity index (χ1v) is 12.2. The molecule has 2 heterocycles. The lowest BCUT2D eigenvalue weighted by Crippen LogP contribution is -2.43. The number of hydrogen-bond donors (Lipinski definition) is 2. The van der Waals surface area contributed by atoms with E-state index in [1.165, 1.54) is 49.5 Å². The quantitative estimate of drug-likeness (QED) is 0.234. The molecule has 0 bridgehead atoms. The second kappa shape index (κ2) is 11.2. The number of rotatable bonds is 7. The van der Waals surface area contributed by atoms with Crippen LogP contribution in [0.3, 0.4) is 0 Å². The van der Waals surface area contributed by atoms with E-state index in [0.29, 0.717) is 5.56 Å². The van der Waals surface area contributed by atoms with Crippen LogP contribution in [0.4, 0.5) is 30.7 Å². The number of carbonyl (C=O) groups is 2. The summed E-state index contributed by atoms with van der Waals surface area (Å²) in [6.07, 6.45) is -11.1. The van der Waals surface area contributed by atoms with Gasteiger partial charge in [-0.05, 0) is 61.4 Å². The molecule has 41 heavy (non-hydrogen) atoms. The molecule has 0 aliphatic heterocycles. The number of alkyl halides is 6. The Kier molecular flexibility index (Phi) is 8.09. The van der Waals surface area contributed by atoms with Gasteiger partial charge in [0.15, 0.2) is 0 Å². The maximum absolute atomic E-state index is 13.5. The summed E-state index contributed by atoms with van der Waals surface area (Å²) < 4.78 is 97.7. The van der Waals surface area contributed by atoms with Gasteiger partial charge in [-0.1, -0.05) is 12.1 Å². The predicted molar refractivity (Wildman–Crippen MR) is 136 cm³/mol. The summed E-state index contributed by atoms with van der Waals surface area (Å²) in [6.45, 7) is 0.771. The van der Waals surface area contributed by atoms with E-state index in [9.17, 15) is 40.3 Å². The number of nitrogens with zero attached hydrogens (tertiary/aromatic N) is 1. The van der Waals surface area contributed by atoms with Gasteiger partial charge in [0.25, 0.3) is 11.8 Å². The number of aryl methyl sites for hydroxylation is 1. The highest BCUT2D eigenvalue weighted by atomic mass is 19.4. The predicted octanol–water partition coefficient (Wildman–Crippen LogP) is 6.84. The first-order valence-electron chi connectivity index (χ1n) is 12.2. The largest absolute Gasteiger partial charge is 0.437 e. The van der Waals surface area contributed by atoms with Gasteiger partial charge in [-0.2, -0.15) is 26.3 Å². The van der Waals surface area contributed by atoms with Crippen LogP contribution in [0.5, 0.6) is 0 Å². The Hall–Kier alpha value is -4.42. The van der Waals surface area contributed by atoms with Gasteiger partial charge < -0.3 is 15.1 Å². The van der Waals surface area contributed by atoms with E-state index in [4.69, 9.17) is 4.42 Å². The van der Waals surface area contributed by atoms with E-state index >= 15 is 0 Å². The van der Waals surface area contributed by atoms with Crippen LogP contribution in [0.25, 0.3) is 33.6 Å².